The Kier molecular flexibility index (Phi) is 5.38. The Morgan fingerprint density at radius 1 is 1.21 bits per heavy atom. The summed E-state index contributed by atoms with van der Waals surface area (Å²) < 4.78 is 15.4. The zero-order chi connectivity index (χ0) is 23.2. The maximum atomic E-state index is 15.4. The van der Waals surface area contributed by atoms with Crippen LogP contribution in [-0.2, 0) is 0 Å². The van der Waals surface area contributed by atoms with Gasteiger partial charge in [-0.25, -0.2) is 14.4 Å². The largest absolute Gasteiger partial charge is 0.507 e. The molecule has 0 amide bonds. The first-order valence-electron chi connectivity index (χ1n) is 11.7. The monoisotopic (exact) mass is 477 g/mol. The van der Waals surface area contributed by atoms with Crippen molar-refractivity contribution in [1.82, 2.24) is 25.5 Å². The Labute approximate surface area is 200 Å². The minimum Gasteiger partial charge on any atom is -0.507 e. The second-order valence-corrected chi connectivity index (χ2v) is 10.2. The van der Waals surface area contributed by atoms with Gasteiger partial charge in [0.1, 0.15) is 28.7 Å². The van der Waals surface area contributed by atoms with Crippen LogP contribution in [0.15, 0.2) is 29.8 Å². The summed E-state index contributed by atoms with van der Waals surface area (Å²) in [5.74, 6) is 0.492. The molecular weight excluding hydrogens is 453 g/mol. The number of hydrogen-bond donors (Lipinski definition) is 2. The van der Waals surface area contributed by atoms with Gasteiger partial charge in [0, 0.05) is 34.6 Å². The molecule has 1 saturated carbocycles. The summed E-state index contributed by atoms with van der Waals surface area (Å²) in [7, 11) is 0. The minimum atomic E-state index is -0.954. The molecule has 2 aromatic heterocycles. The fourth-order valence-electron chi connectivity index (χ4n) is 5.23. The lowest BCUT2D eigenvalue weighted by molar-refractivity contribution is 0.103. The molecule has 0 spiro atoms. The second kappa shape index (κ2) is 8.56. The Hall–Kier alpha value is -3.16. The molecule has 4 heterocycles. The number of nitrogens with one attached hydrogen (secondary N) is 1. The van der Waals surface area contributed by atoms with E-state index in [9.17, 15) is 5.11 Å². The number of nitrogens with zero attached hydrogens (tertiary/aromatic N) is 6. The van der Waals surface area contributed by atoms with Crippen molar-refractivity contribution in [3.8, 4) is 33.6 Å². The molecule has 2 saturated heterocycles. The highest BCUT2D eigenvalue weighted by Crippen LogP contribution is 2.39. The van der Waals surface area contributed by atoms with E-state index in [1.54, 1.807) is 23.7 Å². The molecule has 3 fully saturated rings. The molecule has 6 rings (SSSR count). The molecule has 0 radical (unpaired) electrons. The lowest BCUT2D eigenvalue weighted by Crippen LogP contribution is -2.62. The summed E-state index contributed by atoms with van der Waals surface area (Å²) in [6.07, 6.45) is 6.47. The highest BCUT2D eigenvalue weighted by Gasteiger charge is 2.47. The molecule has 174 valence electrons. The first-order valence-corrected chi connectivity index (χ1v) is 12.6. The van der Waals surface area contributed by atoms with E-state index >= 15 is 4.39 Å². The average Bonchev–Trinajstić information content (AvgIpc) is 3.57. The van der Waals surface area contributed by atoms with Crippen LogP contribution in [0.25, 0.3) is 21.8 Å². The van der Waals surface area contributed by atoms with Crippen molar-refractivity contribution in [2.75, 3.05) is 4.90 Å². The van der Waals surface area contributed by atoms with Crippen molar-refractivity contribution in [2.24, 2.45) is 0 Å². The standard InChI is InChI=1S/C24H24FN7OS/c25-22-18-3-1-2-14(28-18)9-20(22)32(16-5-6-16)24-27-11-19(30-31-24)17-7-4-13(8-21(17)33)23-29-15(10-26)12-34-23/h4,7-8,11-12,14,16,18,20,22,28,33H,1-3,5-6,9H2/t14-,18-,20+,22-/m0/s1. The first kappa shape index (κ1) is 21.4. The van der Waals surface area contributed by atoms with Crippen LogP contribution in [-0.4, -0.2) is 55.6 Å². The highest BCUT2D eigenvalue weighted by molar-refractivity contribution is 7.13. The van der Waals surface area contributed by atoms with E-state index in [-0.39, 0.29) is 23.9 Å². The number of aromatic nitrogens is 4. The van der Waals surface area contributed by atoms with Gasteiger partial charge in [0.15, 0.2) is 5.69 Å². The van der Waals surface area contributed by atoms with Crippen LogP contribution in [0.1, 0.15) is 44.2 Å². The van der Waals surface area contributed by atoms with Gasteiger partial charge in [0.2, 0.25) is 5.95 Å². The smallest absolute Gasteiger partial charge is 0.245 e. The summed E-state index contributed by atoms with van der Waals surface area (Å²) in [6, 6.07) is 7.46. The SMILES string of the molecule is N#Cc1csc(-c2ccc(-c3cnc(N(C4CC4)[C@@H]4C[C@@H]5CCC[C@H](N5)[C@@H]4F)nn3)c(O)c2)n1. The number of alkyl halides is 1. The van der Waals surface area contributed by atoms with Gasteiger partial charge in [-0.3, -0.25) is 0 Å². The number of halogens is 1. The molecular formula is C24H24FN7OS. The lowest BCUT2D eigenvalue weighted by atomic mass is 9.82. The normalized spacial score (nSPS) is 26.1. The van der Waals surface area contributed by atoms with Crippen molar-refractivity contribution in [3.63, 3.8) is 0 Å². The zero-order valence-electron chi connectivity index (χ0n) is 18.4. The topological polar surface area (TPSA) is 111 Å². The third-order valence-corrected chi connectivity index (χ3v) is 7.90. The molecule has 8 nitrogen and oxygen atoms in total. The second-order valence-electron chi connectivity index (χ2n) is 9.31. The molecule has 4 atom stereocenters. The zero-order valence-corrected chi connectivity index (χ0v) is 19.2. The van der Waals surface area contributed by atoms with Crippen molar-refractivity contribution in [2.45, 2.75) is 68.9 Å². The fourth-order valence-corrected chi connectivity index (χ4v) is 5.97. The minimum absolute atomic E-state index is 0.0316. The molecule has 2 aliphatic heterocycles. The van der Waals surface area contributed by atoms with Crippen molar-refractivity contribution >= 4 is 17.3 Å². The fraction of sp³-hybridized carbons (Fsp3) is 0.458. The van der Waals surface area contributed by atoms with Crippen molar-refractivity contribution in [3.05, 3.63) is 35.5 Å². The van der Waals surface area contributed by atoms with Crippen molar-refractivity contribution in [1.29, 1.82) is 5.26 Å². The van der Waals surface area contributed by atoms with Gasteiger partial charge in [0.05, 0.1) is 12.2 Å². The molecule has 2 N–H and O–H groups in total. The van der Waals surface area contributed by atoms with Crippen LogP contribution in [0.2, 0.25) is 0 Å². The number of nitriles is 1. The number of piperidine rings is 2. The number of benzene rings is 1. The first-order chi connectivity index (χ1) is 16.6. The maximum absolute atomic E-state index is 15.4. The summed E-state index contributed by atoms with van der Waals surface area (Å²) in [5.41, 5.74) is 2.02. The van der Waals surface area contributed by atoms with Crippen LogP contribution in [0, 0.1) is 11.3 Å². The van der Waals surface area contributed by atoms with E-state index in [4.69, 9.17) is 5.26 Å². The van der Waals surface area contributed by atoms with Gasteiger partial charge in [-0.2, -0.15) is 5.26 Å². The summed E-state index contributed by atoms with van der Waals surface area (Å²) in [4.78, 5) is 10.9. The van der Waals surface area contributed by atoms with Crippen LogP contribution < -0.4 is 10.2 Å². The number of phenolic OH excluding ortho intramolecular Hbond substituents is 1. The van der Waals surface area contributed by atoms with E-state index in [1.807, 2.05) is 12.1 Å². The van der Waals surface area contributed by atoms with Gasteiger partial charge in [0.25, 0.3) is 0 Å². The number of phenols is 1. The molecule has 1 aromatic carbocycles. The van der Waals surface area contributed by atoms with Crippen LogP contribution in [0.5, 0.6) is 5.75 Å². The van der Waals surface area contributed by atoms with E-state index in [0.29, 0.717) is 33.9 Å². The Morgan fingerprint density at radius 3 is 2.79 bits per heavy atom. The number of fused-ring (bicyclic) bond motifs is 2. The summed E-state index contributed by atoms with van der Waals surface area (Å²) in [5, 5.41) is 34.1. The maximum Gasteiger partial charge on any atom is 0.245 e. The summed E-state index contributed by atoms with van der Waals surface area (Å²) >= 11 is 1.35. The van der Waals surface area contributed by atoms with Gasteiger partial charge in [-0.1, -0.05) is 12.5 Å². The molecule has 10 heteroatoms. The van der Waals surface area contributed by atoms with Crippen LogP contribution in [0.3, 0.4) is 0 Å². The Balaban J connectivity index is 1.25. The van der Waals surface area contributed by atoms with Gasteiger partial charge in [-0.15, -0.1) is 21.5 Å². The van der Waals surface area contributed by atoms with Crippen LogP contribution >= 0.6 is 11.3 Å². The molecule has 2 bridgehead atoms. The predicted molar refractivity (Wildman–Crippen MR) is 126 cm³/mol. The Morgan fingerprint density at radius 2 is 2.09 bits per heavy atom. The van der Waals surface area contributed by atoms with Gasteiger partial charge in [-0.05, 0) is 44.2 Å². The van der Waals surface area contributed by atoms with E-state index < -0.39 is 6.17 Å². The van der Waals surface area contributed by atoms with Crippen LogP contribution in [0.4, 0.5) is 10.3 Å². The highest BCUT2D eigenvalue weighted by atomic mass is 32.1. The average molecular weight is 478 g/mol. The number of thiazole rings is 1. The Bertz CT molecular complexity index is 1240. The summed E-state index contributed by atoms with van der Waals surface area (Å²) in [6.45, 7) is 0. The number of hydrogen-bond acceptors (Lipinski definition) is 9. The van der Waals surface area contributed by atoms with Gasteiger partial charge >= 0.3 is 0 Å². The molecule has 3 aliphatic rings. The van der Waals surface area contributed by atoms with Crippen molar-refractivity contribution < 1.29 is 9.50 Å². The van der Waals surface area contributed by atoms with E-state index in [1.165, 1.54) is 11.3 Å². The third kappa shape index (κ3) is 3.89. The number of aromatic hydroxyl groups is 1. The molecule has 1 aliphatic carbocycles. The number of rotatable bonds is 5. The number of anilines is 1. The third-order valence-electron chi connectivity index (χ3n) is 7.01. The molecule has 34 heavy (non-hydrogen) atoms. The molecule has 3 aromatic rings. The predicted octanol–water partition coefficient (Wildman–Crippen LogP) is 3.83. The van der Waals surface area contributed by atoms with E-state index in [2.05, 4.69) is 30.4 Å². The molecule has 0 unspecified atom stereocenters. The quantitative estimate of drug-likeness (QED) is 0.570. The lowest BCUT2D eigenvalue weighted by Gasteiger charge is -2.46. The van der Waals surface area contributed by atoms with E-state index in [0.717, 1.165) is 44.1 Å². The van der Waals surface area contributed by atoms with Gasteiger partial charge < -0.3 is 15.3 Å².